The molecule has 0 spiro atoms. The summed E-state index contributed by atoms with van der Waals surface area (Å²) < 4.78 is 24.3. The maximum absolute atomic E-state index is 13.6. The molecule has 0 saturated heterocycles. The minimum absolute atomic E-state index is 0.233. The second-order valence-electron chi connectivity index (χ2n) is 7.70. The lowest BCUT2D eigenvalue weighted by Crippen LogP contribution is -2.33. The highest BCUT2D eigenvalue weighted by atomic mass is 32.1. The number of hydrogen-bond acceptors (Lipinski definition) is 7. The van der Waals surface area contributed by atoms with Crippen molar-refractivity contribution in [1.29, 1.82) is 0 Å². The molecule has 0 radical (unpaired) electrons. The maximum Gasteiger partial charge on any atom is 0.341 e. The van der Waals surface area contributed by atoms with Gasteiger partial charge in [0.1, 0.15) is 16.6 Å². The third-order valence-electron chi connectivity index (χ3n) is 5.17. The first-order valence-corrected chi connectivity index (χ1v) is 12.0. The van der Waals surface area contributed by atoms with Crippen LogP contribution in [0, 0.1) is 19.7 Å². The van der Waals surface area contributed by atoms with E-state index in [-0.39, 0.29) is 12.2 Å². The summed E-state index contributed by atoms with van der Waals surface area (Å²) in [5.74, 6) is -1.50. The average molecular weight is 512 g/mol. The van der Waals surface area contributed by atoms with Crippen LogP contribution in [0.5, 0.6) is 5.75 Å². The summed E-state index contributed by atoms with van der Waals surface area (Å²) in [4.78, 5) is 38.2. The number of carbonyl (C=O) groups is 3. The van der Waals surface area contributed by atoms with Crippen LogP contribution < -0.4 is 15.5 Å². The van der Waals surface area contributed by atoms with Gasteiger partial charge in [0.15, 0.2) is 6.10 Å². The highest BCUT2D eigenvalue weighted by molar-refractivity contribution is 7.16. The van der Waals surface area contributed by atoms with Crippen LogP contribution in [0.1, 0.15) is 50.6 Å². The van der Waals surface area contributed by atoms with E-state index in [0.29, 0.717) is 21.9 Å². The van der Waals surface area contributed by atoms with Crippen LogP contribution in [-0.2, 0) is 9.53 Å². The van der Waals surface area contributed by atoms with E-state index >= 15 is 0 Å². The van der Waals surface area contributed by atoms with Crippen molar-refractivity contribution in [2.75, 3.05) is 11.9 Å². The summed E-state index contributed by atoms with van der Waals surface area (Å²) in [7, 11) is 0. The number of carbonyl (C=O) groups excluding carboxylic acids is 3. The van der Waals surface area contributed by atoms with E-state index in [0.717, 1.165) is 10.4 Å². The molecule has 2 N–H and O–H groups in total. The number of aryl methyl sites for hydroxylation is 1. The second kappa shape index (κ2) is 12.1. The average Bonchev–Trinajstić information content (AvgIpc) is 3.13. The number of rotatable bonds is 9. The molecule has 36 heavy (non-hydrogen) atoms. The van der Waals surface area contributed by atoms with Crippen LogP contribution in [0.4, 0.5) is 9.39 Å². The van der Waals surface area contributed by atoms with E-state index in [9.17, 15) is 18.8 Å². The topological polar surface area (TPSA) is 106 Å². The molecule has 1 atom stereocenters. The zero-order chi connectivity index (χ0) is 26.2. The molecule has 0 aliphatic heterocycles. The fourth-order valence-electron chi connectivity index (χ4n) is 3.12. The Bertz CT molecular complexity index is 1290. The minimum Gasteiger partial charge on any atom is -0.481 e. The number of benzene rings is 2. The molecule has 8 nitrogen and oxygen atoms in total. The van der Waals surface area contributed by atoms with E-state index in [4.69, 9.17) is 9.47 Å². The minimum atomic E-state index is -0.897. The Morgan fingerprint density at radius 2 is 1.81 bits per heavy atom. The van der Waals surface area contributed by atoms with E-state index < -0.39 is 29.7 Å². The van der Waals surface area contributed by atoms with Crippen molar-refractivity contribution in [2.24, 2.45) is 5.10 Å². The van der Waals surface area contributed by atoms with Crippen LogP contribution in [0.25, 0.3) is 0 Å². The van der Waals surface area contributed by atoms with Gasteiger partial charge in [-0.3, -0.25) is 9.59 Å². The Balaban J connectivity index is 1.59. The number of halogens is 1. The summed E-state index contributed by atoms with van der Waals surface area (Å²) >= 11 is 1.30. The van der Waals surface area contributed by atoms with Gasteiger partial charge >= 0.3 is 5.97 Å². The number of nitrogens with zero attached hydrogens (tertiary/aromatic N) is 1. The molecular formula is C26H26FN3O5S. The molecule has 1 aromatic heterocycles. The fraction of sp³-hybridized carbons (Fsp3) is 0.231. The SMILES string of the molecule is CCOC(=O)c1c(NC(=O)c2ccc(O[C@H](C)C(=O)N/N=C\c3ccccc3F)cc2)sc(C)c1C. The second-order valence-corrected chi connectivity index (χ2v) is 8.93. The molecule has 2 aromatic carbocycles. The van der Waals surface area contributed by atoms with Gasteiger partial charge < -0.3 is 14.8 Å². The largest absolute Gasteiger partial charge is 0.481 e. The molecule has 0 aliphatic rings. The molecule has 0 bridgehead atoms. The number of esters is 1. The van der Waals surface area contributed by atoms with Crippen molar-refractivity contribution in [2.45, 2.75) is 33.8 Å². The van der Waals surface area contributed by atoms with Gasteiger partial charge in [0.2, 0.25) is 0 Å². The number of anilines is 1. The fourth-order valence-corrected chi connectivity index (χ4v) is 4.16. The quantitative estimate of drug-likeness (QED) is 0.243. The van der Waals surface area contributed by atoms with Crippen molar-refractivity contribution >= 4 is 40.3 Å². The Morgan fingerprint density at radius 3 is 2.47 bits per heavy atom. The molecule has 0 aliphatic carbocycles. The number of nitrogens with one attached hydrogen (secondary N) is 2. The highest BCUT2D eigenvalue weighted by Crippen LogP contribution is 2.33. The molecule has 188 valence electrons. The van der Waals surface area contributed by atoms with Crippen molar-refractivity contribution < 1.29 is 28.2 Å². The van der Waals surface area contributed by atoms with Crippen LogP contribution in [-0.4, -0.2) is 36.7 Å². The number of amides is 2. The summed E-state index contributed by atoms with van der Waals surface area (Å²) in [5.41, 5.74) is 4.00. The van der Waals surface area contributed by atoms with Gasteiger partial charge in [0.25, 0.3) is 11.8 Å². The molecule has 0 saturated carbocycles. The van der Waals surface area contributed by atoms with Gasteiger partial charge in [-0.1, -0.05) is 18.2 Å². The first-order chi connectivity index (χ1) is 17.2. The standard InChI is InChI=1S/C26H26FN3O5S/c1-5-34-26(33)22-15(2)17(4)36-25(22)29-24(32)18-10-12-20(13-11-18)35-16(3)23(31)30-28-14-19-8-6-7-9-21(19)27/h6-14,16H,5H2,1-4H3,(H,29,32)(H,30,31)/b28-14-/t16-/m1/s1. The molecule has 0 fully saturated rings. The highest BCUT2D eigenvalue weighted by Gasteiger charge is 2.22. The lowest BCUT2D eigenvalue weighted by atomic mass is 10.1. The molecule has 3 rings (SSSR count). The van der Waals surface area contributed by atoms with Crippen LogP contribution >= 0.6 is 11.3 Å². The Kier molecular flexibility index (Phi) is 8.91. The lowest BCUT2D eigenvalue weighted by molar-refractivity contribution is -0.127. The Labute approximate surface area is 212 Å². The molecule has 0 unspecified atom stereocenters. The van der Waals surface area contributed by atoms with Crippen molar-refractivity contribution in [1.82, 2.24) is 5.43 Å². The Morgan fingerprint density at radius 1 is 1.11 bits per heavy atom. The predicted molar refractivity (Wildman–Crippen MR) is 136 cm³/mol. The summed E-state index contributed by atoms with van der Waals surface area (Å²) in [6.45, 7) is 7.16. The van der Waals surface area contributed by atoms with Gasteiger partial charge in [-0.15, -0.1) is 11.3 Å². The van der Waals surface area contributed by atoms with Gasteiger partial charge in [-0.25, -0.2) is 14.6 Å². The zero-order valence-electron chi connectivity index (χ0n) is 20.3. The first-order valence-electron chi connectivity index (χ1n) is 11.1. The normalized spacial score (nSPS) is 11.7. The van der Waals surface area contributed by atoms with Gasteiger partial charge in [0.05, 0.1) is 18.4 Å². The number of ether oxygens (including phenoxy) is 2. The third-order valence-corrected chi connectivity index (χ3v) is 6.30. The predicted octanol–water partition coefficient (Wildman–Crippen LogP) is 4.85. The Hall–Kier alpha value is -4.05. The lowest BCUT2D eigenvalue weighted by Gasteiger charge is -2.13. The summed E-state index contributed by atoms with van der Waals surface area (Å²) in [6, 6.07) is 12.2. The van der Waals surface area contributed by atoms with E-state index in [2.05, 4.69) is 15.8 Å². The van der Waals surface area contributed by atoms with Gasteiger partial charge in [-0.05, 0) is 63.6 Å². The van der Waals surface area contributed by atoms with Crippen molar-refractivity contribution in [3.05, 3.63) is 81.5 Å². The first kappa shape index (κ1) is 26.6. The van der Waals surface area contributed by atoms with E-state index in [1.54, 1.807) is 43.3 Å². The van der Waals surface area contributed by atoms with Gasteiger partial charge in [-0.2, -0.15) is 5.10 Å². The maximum atomic E-state index is 13.6. The molecule has 10 heteroatoms. The number of hydrazone groups is 1. The monoisotopic (exact) mass is 511 g/mol. The van der Waals surface area contributed by atoms with Gasteiger partial charge in [0, 0.05) is 16.0 Å². The van der Waals surface area contributed by atoms with Crippen LogP contribution in [0.3, 0.4) is 0 Å². The summed E-state index contributed by atoms with van der Waals surface area (Å²) in [5, 5.41) is 6.96. The molecule has 2 amide bonds. The van der Waals surface area contributed by atoms with E-state index in [1.807, 2.05) is 13.8 Å². The van der Waals surface area contributed by atoms with Crippen LogP contribution in [0.2, 0.25) is 0 Å². The smallest absolute Gasteiger partial charge is 0.341 e. The van der Waals surface area contributed by atoms with Crippen molar-refractivity contribution in [3.8, 4) is 5.75 Å². The van der Waals surface area contributed by atoms with Crippen molar-refractivity contribution in [3.63, 3.8) is 0 Å². The summed E-state index contributed by atoms with van der Waals surface area (Å²) in [6.07, 6.45) is 0.309. The molecule has 1 heterocycles. The van der Waals surface area contributed by atoms with Crippen LogP contribution in [0.15, 0.2) is 53.6 Å². The molecule has 3 aromatic rings. The van der Waals surface area contributed by atoms with E-state index in [1.165, 1.54) is 36.6 Å². The number of hydrogen-bond donors (Lipinski definition) is 2. The zero-order valence-corrected chi connectivity index (χ0v) is 21.1. The molecular weight excluding hydrogens is 485 g/mol. The number of thiophene rings is 1. The third kappa shape index (κ3) is 6.54.